The molecule has 1 aliphatic heterocycles. The summed E-state index contributed by atoms with van der Waals surface area (Å²) in [7, 11) is 3.15. The van der Waals surface area contributed by atoms with E-state index in [1.54, 1.807) is 118 Å². The van der Waals surface area contributed by atoms with Crippen LogP contribution in [0.15, 0.2) is 109 Å². The molecule has 2 amide bonds. The Labute approximate surface area is 368 Å². The van der Waals surface area contributed by atoms with Gasteiger partial charge in [-0.1, -0.05) is 38.8 Å². The third-order valence-corrected chi connectivity index (χ3v) is 11.5. The van der Waals surface area contributed by atoms with Crippen LogP contribution < -0.4 is 18.9 Å². The summed E-state index contributed by atoms with van der Waals surface area (Å²) < 4.78 is 36.0. The number of ether oxygens (including phenoxy) is 6. The van der Waals surface area contributed by atoms with Gasteiger partial charge in [0.25, 0.3) is 11.8 Å². The van der Waals surface area contributed by atoms with Crippen LogP contribution in [0.5, 0.6) is 34.5 Å². The lowest BCUT2D eigenvalue weighted by Gasteiger charge is -2.30. The highest BCUT2D eigenvalue weighted by molar-refractivity contribution is 6.41. The normalized spacial score (nSPS) is 12.3. The van der Waals surface area contributed by atoms with Gasteiger partial charge in [-0.3, -0.25) is 19.5 Å². The Bertz CT molecular complexity index is 3090. The largest absolute Gasteiger partial charge is 0.497 e. The number of rotatable bonds is 16. The minimum Gasteiger partial charge on any atom is -0.497 e. The summed E-state index contributed by atoms with van der Waals surface area (Å²) in [6.07, 6.45) is 6.13. The van der Waals surface area contributed by atoms with Gasteiger partial charge in [0.1, 0.15) is 34.5 Å². The topological polar surface area (TPSA) is 140 Å². The first-order chi connectivity index (χ1) is 31.2. The van der Waals surface area contributed by atoms with E-state index in [0.29, 0.717) is 90.2 Å². The first-order valence-electron chi connectivity index (χ1n) is 21.3. The number of fused-ring (bicyclic) bond motifs is 2. The Hall–Kier alpha value is -7.73. The van der Waals surface area contributed by atoms with Gasteiger partial charge in [0.05, 0.1) is 50.7 Å². The number of methoxy groups -OCH3 is 2. The number of hydrogen-bond acceptors (Lipinski definition) is 11. The van der Waals surface area contributed by atoms with Crippen molar-refractivity contribution in [2.75, 3.05) is 27.4 Å². The summed E-state index contributed by atoms with van der Waals surface area (Å²) >= 11 is 0. The first kappa shape index (κ1) is 41.6. The summed E-state index contributed by atoms with van der Waals surface area (Å²) in [5, 5.41) is 4.04. The summed E-state index contributed by atoms with van der Waals surface area (Å²) in [5.74, 6) is 0.488. The van der Waals surface area contributed by atoms with Gasteiger partial charge < -0.3 is 28.4 Å². The molecule has 0 aliphatic carbocycles. The van der Waals surface area contributed by atoms with E-state index in [1.165, 1.54) is 4.90 Å². The molecule has 0 saturated heterocycles. The third-order valence-electron chi connectivity index (χ3n) is 11.5. The number of esters is 2. The molecular formula is C52H44N2O10. The fourth-order valence-corrected chi connectivity index (χ4v) is 8.38. The minimum atomic E-state index is -0.643. The van der Waals surface area contributed by atoms with Crippen LogP contribution in [0, 0.1) is 0 Å². The van der Waals surface area contributed by atoms with Crippen molar-refractivity contribution in [1.82, 2.24) is 9.88 Å². The number of aromatic nitrogens is 1. The second-order valence-corrected chi connectivity index (χ2v) is 15.5. The molecule has 12 nitrogen and oxygen atoms in total. The van der Waals surface area contributed by atoms with Crippen LogP contribution in [0.4, 0.5) is 0 Å². The van der Waals surface area contributed by atoms with E-state index in [0.717, 1.165) is 18.4 Å². The van der Waals surface area contributed by atoms with Crippen molar-refractivity contribution in [2.45, 2.75) is 46.1 Å². The van der Waals surface area contributed by atoms with Crippen LogP contribution in [0.3, 0.4) is 0 Å². The Morgan fingerprint density at radius 2 is 1.03 bits per heavy atom. The van der Waals surface area contributed by atoms with E-state index < -0.39 is 23.8 Å². The zero-order valence-electron chi connectivity index (χ0n) is 35.8. The van der Waals surface area contributed by atoms with Gasteiger partial charge in [0.2, 0.25) is 0 Å². The number of unbranched alkanes of at least 4 members (excludes halogenated alkanes) is 2. The number of carbonyl (C=O) groups is 4. The van der Waals surface area contributed by atoms with Gasteiger partial charge in [0.15, 0.2) is 0 Å². The third kappa shape index (κ3) is 7.40. The molecule has 1 aliphatic rings. The van der Waals surface area contributed by atoms with Crippen molar-refractivity contribution in [2.24, 2.45) is 0 Å². The fourth-order valence-electron chi connectivity index (χ4n) is 8.38. The second kappa shape index (κ2) is 17.6. The maximum atomic E-state index is 14.8. The molecule has 0 N–H and O–H groups in total. The second-order valence-electron chi connectivity index (χ2n) is 15.5. The highest BCUT2D eigenvalue weighted by atomic mass is 16.5. The van der Waals surface area contributed by atoms with Crippen molar-refractivity contribution in [3.63, 3.8) is 0 Å². The Kier molecular flexibility index (Phi) is 11.4. The van der Waals surface area contributed by atoms with E-state index >= 15 is 0 Å². The highest BCUT2D eigenvalue weighted by Crippen LogP contribution is 2.52. The average molecular weight is 857 g/mol. The van der Waals surface area contributed by atoms with Gasteiger partial charge >= 0.3 is 11.9 Å². The molecule has 0 radical (unpaired) electrons. The molecule has 8 aromatic rings. The van der Waals surface area contributed by atoms with E-state index in [9.17, 15) is 19.2 Å². The number of carbonyl (C=O) groups excluding carboxylic acids is 4. The summed E-state index contributed by atoms with van der Waals surface area (Å²) in [6, 6.07) is 27.8. The average Bonchev–Trinajstić information content (AvgIpc) is 3.32. The molecule has 2 heterocycles. The molecule has 64 heavy (non-hydrogen) atoms. The lowest BCUT2D eigenvalue weighted by molar-refractivity contribution is 0.0500. The minimum absolute atomic E-state index is 0.0234. The zero-order valence-corrected chi connectivity index (χ0v) is 35.8. The molecule has 1 aromatic heterocycles. The smallest absolute Gasteiger partial charge is 0.338 e. The van der Waals surface area contributed by atoms with Crippen molar-refractivity contribution in [3.8, 4) is 34.5 Å². The van der Waals surface area contributed by atoms with E-state index in [4.69, 9.17) is 28.4 Å². The van der Waals surface area contributed by atoms with Crippen LogP contribution >= 0.6 is 0 Å². The van der Waals surface area contributed by atoms with Crippen molar-refractivity contribution >= 4 is 66.8 Å². The lowest BCUT2D eigenvalue weighted by atomic mass is 9.82. The number of imide groups is 1. The number of benzene rings is 7. The summed E-state index contributed by atoms with van der Waals surface area (Å²) in [4.78, 5) is 63.2. The Balaban J connectivity index is 1.40. The molecule has 0 fully saturated rings. The van der Waals surface area contributed by atoms with Gasteiger partial charge in [-0.15, -0.1) is 0 Å². The van der Waals surface area contributed by atoms with Crippen LogP contribution in [0.2, 0.25) is 0 Å². The lowest BCUT2D eigenvalue weighted by Crippen LogP contribution is -2.39. The maximum Gasteiger partial charge on any atom is 0.338 e. The van der Waals surface area contributed by atoms with E-state index in [2.05, 4.69) is 4.98 Å². The summed E-state index contributed by atoms with van der Waals surface area (Å²) in [5.41, 5.74) is 1.58. The highest BCUT2D eigenvalue weighted by Gasteiger charge is 2.37. The fraction of sp³-hybridized carbons (Fsp3) is 0.212. The van der Waals surface area contributed by atoms with E-state index in [1.807, 2.05) is 19.9 Å². The first-order valence-corrected chi connectivity index (χ1v) is 21.3. The van der Waals surface area contributed by atoms with Crippen molar-refractivity contribution in [1.29, 1.82) is 0 Å². The summed E-state index contributed by atoms with van der Waals surface area (Å²) in [6.45, 7) is 4.38. The quantitative estimate of drug-likeness (QED) is 0.0301. The SMILES string of the molecule is CCCCOC(=O)c1ccc2c3c(Oc4ccc(OC)cc4)cc4c5c(ccc(c6c(Oc7ccc(OC)cc7)cc(C(=O)OCCCC)c1c26)c53)C(=O)N(Cc1ccncc1)C4=O. The molecule has 7 aromatic carbocycles. The van der Waals surface area contributed by atoms with Crippen molar-refractivity contribution < 1.29 is 47.6 Å². The van der Waals surface area contributed by atoms with Gasteiger partial charge in [-0.2, -0.15) is 0 Å². The molecule has 0 atom stereocenters. The maximum absolute atomic E-state index is 14.8. The monoisotopic (exact) mass is 856 g/mol. The number of hydrogen-bond donors (Lipinski definition) is 0. The number of nitrogens with zero attached hydrogens (tertiary/aromatic N) is 2. The standard InChI is InChI=1S/C52H44N2O10/c1-5-7-25-61-51(57)38-20-18-36-45-41(63-33-13-9-31(59-3)10-14-33)27-39-43-37(49(55)54(50(39)56)29-30-21-23-53-24-22-30)19-17-35(47(43)45)46-42(64-34-15-11-32(60-4)12-16-34)28-40(44(38)48(36)46)52(58)62-26-8-6-2/h9-24,27-28H,5-8,25-26,29H2,1-4H3. The van der Waals surface area contributed by atoms with Gasteiger partial charge in [0, 0.05) is 50.3 Å². The predicted octanol–water partition coefficient (Wildman–Crippen LogP) is 11.4. The van der Waals surface area contributed by atoms with Crippen LogP contribution in [0.25, 0.3) is 43.1 Å². The Morgan fingerprint density at radius 3 is 1.59 bits per heavy atom. The molecule has 322 valence electrons. The predicted molar refractivity (Wildman–Crippen MR) is 243 cm³/mol. The van der Waals surface area contributed by atoms with Crippen LogP contribution in [-0.4, -0.2) is 61.1 Å². The van der Waals surface area contributed by atoms with Gasteiger partial charge in [-0.25, -0.2) is 9.59 Å². The molecule has 9 rings (SSSR count). The molecule has 0 bridgehead atoms. The van der Waals surface area contributed by atoms with Crippen molar-refractivity contribution in [3.05, 3.63) is 137 Å². The van der Waals surface area contributed by atoms with Gasteiger partial charge in [-0.05, 0) is 114 Å². The van der Waals surface area contributed by atoms with E-state index in [-0.39, 0.29) is 42.2 Å². The molecule has 0 unspecified atom stereocenters. The molecule has 12 heteroatoms. The van der Waals surface area contributed by atoms with Crippen LogP contribution in [0.1, 0.15) is 86.5 Å². The molecule has 0 spiro atoms. The van der Waals surface area contributed by atoms with Crippen LogP contribution in [-0.2, 0) is 16.0 Å². The zero-order chi connectivity index (χ0) is 44.5. The number of amides is 2. The molecular weight excluding hydrogens is 813 g/mol. The Morgan fingerprint density at radius 1 is 0.531 bits per heavy atom. The molecule has 0 saturated carbocycles. The number of pyridine rings is 1.